The fourth-order valence-electron chi connectivity index (χ4n) is 3.72. The molecule has 1 fully saturated rings. The van der Waals surface area contributed by atoms with Crippen molar-refractivity contribution in [3.63, 3.8) is 0 Å². The average Bonchev–Trinajstić information content (AvgIpc) is 3.19. The van der Waals surface area contributed by atoms with Gasteiger partial charge in [-0.3, -0.25) is 14.5 Å². The van der Waals surface area contributed by atoms with E-state index >= 15 is 0 Å². The van der Waals surface area contributed by atoms with Gasteiger partial charge in [0.1, 0.15) is 5.75 Å². The number of aryl methyl sites for hydroxylation is 2. The van der Waals surface area contributed by atoms with Gasteiger partial charge in [0.2, 0.25) is 0 Å². The van der Waals surface area contributed by atoms with Crippen LogP contribution in [0, 0.1) is 20.8 Å². The van der Waals surface area contributed by atoms with Gasteiger partial charge in [0, 0.05) is 17.1 Å². The van der Waals surface area contributed by atoms with Crippen LogP contribution in [0.25, 0.3) is 11.8 Å². The summed E-state index contributed by atoms with van der Waals surface area (Å²) in [5.74, 6) is 0.554. The Labute approximate surface area is 186 Å². The monoisotopic (exact) mass is 432 g/mol. The molecular weight excluding hydrogens is 408 g/mol. The van der Waals surface area contributed by atoms with Gasteiger partial charge in [0.15, 0.2) is 0 Å². The molecule has 2 aromatic carbocycles. The van der Waals surface area contributed by atoms with E-state index in [4.69, 9.17) is 4.74 Å². The smallest absolute Gasteiger partial charge is 0.293 e. The lowest BCUT2D eigenvalue weighted by molar-refractivity contribution is -0.123. The van der Waals surface area contributed by atoms with Gasteiger partial charge >= 0.3 is 0 Å². The van der Waals surface area contributed by atoms with Gasteiger partial charge in [-0.25, -0.2) is 0 Å². The number of methoxy groups -OCH3 is 1. The van der Waals surface area contributed by atoms with Gasteiger partial charge in [0.25, 0.3) is 11.1 Å². The molecule has 1 aliphatic rings. The van der Waals surface area contributed by atoms with E-state index in [1.165, 1.54) is 4.90 Å². The molecule has 2 amide bonds. The Hall–Kier alpha value is -3.25. The fraction of sp³-hybridized carbons (Fsp3) is 0.200. The molecule has 5 nitrogen and oxygen atoms in total. The molecule has 4 rings (SSSR count). The molecule has 2 heterocycles. The van der Waals surface area contributed by atoms with Crippen molar-refractivity contribution in [2.75, 3.05) is 7.11 Å². The summed E-state index contributed by atoms with van der Waals surface area (Å²) < 4.78 is 7.37. The van der Waals surface area contributed by atoms with Gasteiger partial charge in [-0.1, -0.05) is 29.8 Å². The topological polar surface area (TPSA) is 51.5 Å². The number of thioether (sulfide) groups is 1. The first-order valence-electron chi connectivity index (χ1n) is 10.0. The maximum atomic E-state index is 12.9. The van der Waals surface area contributed by atoms with Crippen LogP contribution >= 0.6 is 11.8 Å². The van der Waals surface area contributed by atoms with Crippen LogP contribution < -0.4 is 4.74 Å². The van der Waals surface area contributed by atoms with Gasteiger partial charge in [-0.15, -0.1) is 0 Å². The summed E-state index contributed by atoms with van der Waals surface area (Å²) >= 11 is 0.996. The molecule has 0 atom stereocenters. The number of ether oxygens (including phenoxy) is 1. The number of amides is 2. The fourth-order valence-corrected chi connectivity index (χ4v) is 4.55. The van der Waals surface area contributed by atoms with Crippen LogP contribution in [0.5, 0.6) is 5.75 Å². The number of imide groups is 1. The summed E-state index contributed by atoms with van der Waals surface area (Å²) in [7, 11) is 1.64. The Morgan fingerprint density at radius 1 is 0.968 bits per heavy atom. The quantitative estimate of drug-likeness (QED) is 0.489. The predicted octanol–water partition coefficient (Wildman–Crippen LogP) is 5.65. The second-order valence-corrected chi connectivity index (χ2v) is 8.61. The lowest BCUT2D eigenvalue weighted by Crippen LogP contribution is -2.27. The van der Waals surface area contributed by atoms with Crippen molar-refractivity contribution in [2.45, 2.75) is 27.3 Å². The molecule has 0 bridgehead atoms. The van der Waals surface area contributed by atoms with E-state index < -0.39 is 0 Å². The summed E-state index contributed by atoms with van der Waals surface area (Å²) in [6, 6.07) is 17.7. The number of nitrogens with zero attached hydrogens (tertiary/aromatic N) is 2. The molecule has 158 valence electrons. The molecule has 3 aromatic rings. The highest BCUT2D eigenvalue weighted by Crippen LogP contribution is 2.34. The first kappa shape index (κ1) is 21.0. The van der Waals surface area contributed by atoms with Gasteiger partial charge in [-0.05, 0) is 80.1 Å². The van der Waals surface area contributed by atoms with Crippen LogP contribution in [0.1, 0.15) is 28.1 Å². The van der Waals surface area contributed by atoms with E-state index in [0.29, 0.717) is 4.91 Å². The first-order chi connectivity index (χ1) is 14.9. The molecule has 0 unspecified atom stereocenters. The number of carbonyl (C=O) groups excluding carboxylic acids is 2. The summed E-state index contributed by atoms with van der Waals surface area (Å²) in [4.78, 5) is 27.2. The third-order valence-electron chi connectivity index (χ3n) is 5.42. The lowest BCUT2D eigenvalue weighted by atomic mass is 10.1. The lowest BCUT2D eigenvalue weighted by Gasteiger charge is -2.12. The van der Waals surface area contributed by atoms with Gasteiger partial charge in [0.05, 0.1) is 18.6 Å². The normalized spacial score (nSPS) is 15.2. The Morgan fingerprint density at radius 3 is 2.29 bits per heavy atom. The van der Waals surface area contributed by atoms with Crippen molar-refractivity contribution in [3.8, 4) is 11.4 Å². The Balaban J connectivity index is 1.60. The Morgan fingerprint density at radius 2 is 1.65 bits per heavy atom. The molecular formula is C25H24N2O3S. The molecule has 0 aliphatic carbocycles. The van der Waals surface area contributed by atoms with Crippen LogP contribution in [0.3, 0.4) is 0 Å². The molecule has 31 heavy (non-hydrogen) atoms. The number of carbonyl (C=O) groups is 2. The molecule has 1 aliphatic heterocycles. The highest BCUT2D eigenvalue weighted by atomic mass is 32.2. The molecule has 1 saturated heterocycles. The third kappa shape index (κ3) is 4.16. The summed E-state index contributed by atoms with van der Waals surface area (Å²) in [5, 5.41) is -0.235. The largest absolute Gasteiger partial charge is 0.497 e. The summed E-state index contributed by atoms with van der Waals surface area (Å²) in [6.45, 7) is 6.33. The zero-order valence-corrected chi connectivity index (χ0v) is 18.8. The molecule has 0 saturated carbocycles. The average molecular weight is 433 g/mol. The summed E-state index contributed by atoms with van der Waals surface area (Å²) in [5.41, 5.74) is 6.08. The molecule has 6 heteroatoms. The molecule has 0 radical (unpaired) electrons. The molecule has 0 spiro atoms. The van der Waals surface area contributed by atoms with Crippen LogP contribution in [0.4, 0.5) is 4.79 Å². The minimum absolute atomic E-state index is 0.235. The van der Waals surface area contributed by atoms with E-state index in [2.05, 4.69) is 4.57 Å². The van der Waals surface area contributed by atoms with E-state index in [1.54, 1.807) is 7.11 Å². The standard InChI is InChI=1S/C25H24N2O3S/c1-16-5-7-19(8-6-16)15-26-24(28)23(31-25(26)29)14-20-13-17(2)27(18(20)3)21-9-11-22(30-4)12-10-21/h5-14H,15H2,1-4H3/b23-14-. The second kappa shape index (κ2) is 8.47. The highest BCUT2D eigenvalue weighted by molar-refractivity contribution is 8.18. The number of aromatic nitrogens is 1. The van der Waals surface area contributed by atoms with Gasteiger partial charge in [-0.2, -0.15) is 0 Å². The first-order valence-corrected chi connectivity index (χ1v) is 10.8. The van der Waals surface area contributed by atoms with E-state index in [-0.39, 0.29) is 17.7 Å². The van der Waals surface area contributed by atoms with Crippen LogP contribution in [0.15, 0.2) is 59.5 Å². The molecule has 1 aromatic heterocycles. The Kier molecular flexibility index (Phi) is 5.74. The van der Waals surface area contributed by atoms with Crippen LogP contribution in [0.2, 0.25) is 0 Å². The third-order valence-corrected chi connectivity index (χ3v) is 6.33. The zero-order valence-electron chi connectivity index (χ0n) is 18.0. The van der Waals surface area contributed by atoms with Gasteiger partial charge < -0.3 is 9.30 Å². The van der Waals surface area contributed by atoms with Crippen molar-refractivity contribution >= 4 is 29.0 Å². The van der Waals surface area contributed by atoms with E-state index in [9.17, 15) is 9.59 Å². The minimum atomic E-state index is -0.246. The van der Waals surface area contributed by atoms with Crippen molar-refractivity contribution in [1.82, 2.24) is 9.47 Å². The van der Waals surface area contributed by atoms with Crippen molar-refractivity contribution in [3.05, 3.63) is 87.6 Å². The molecule has 0 N–H and O–H groups in total. The van der Waals surface area contributed by atoms with Crippen LogP contribution in [-0.2, 0) is 11.3 Å². The predicted molar refractivity (Wildman–Crippen MR) is 124 cm³/mol. The highest BCUT2D eigenvalue weighted by Gasteiger charge is 2.35. The SMILES string of the molecule is COc1ccc(-n2c(C)cc(/C=C3\SC(=O)N(Cc4ccc(C)cc4)C3=O)c2C)cc1. The van der Waals surface area contributed by atoms with E-state index in [0.717, 1.165) is 51.3 Å². The number of rotatable bonds is 5. The second-order valence-electron chi connectivity index (χ2n) is 7.61. The zero-order chi connectivity index (χ0) is 22.1. The van der Waals surface area contributed by atoms with Crippen molar-refractivity contribution in [1.29, 1.82) is 0 Å². The maximum absolute atomic E-state index is 12.9. The van der Waals surface area contributed by atoms with Crippen LogP contribution in [-0.4, -0.2) is 27.7 Å². The maximum Gasteiger partial charge on any atom is 0.293 e. The number of hydrogen-bond donors (Lipinski definition) is 0. The number of benzene rings is 2. The van der Waals surface area contributed by atoms with Crippen molar-refractivity contribution in [2.24, 2.45) is 0 Å². The van der Waals surface area contributed by atoms with Crippen molar-refractivity contribution < 1.29 is 14.3 Å². The Bertz CT molecular complexity index is 1170. The van der Waals surface area contributed by atoms with E-state index in [1.807, 2.05) is 81.4 Å². The minimum Gasteiger partial charge on any atom is -0.497 e. The summed E-state index contributed by atoms with van der Waals surface area (Å²) in [6.07, 6.45) is 1.82. The number of hydrogen-bond acceptors (Lipinski definition) is 4.